The van der Waals surface area contributed by atoms with Gasteiger partial charge in [0.05, 0.1) is 10.9 Å². The molecule has 0 radical (unpaired) electrons. The number of nitrogens with two attached hydrogens (primary N) is 1. The molecular weight excluding hydrogens is 402 g/mol. The quantitative estimate of drug-likeness (QED) is 0.427. The molecule has 1 aromatic carbocycles. The lowest BCUT2D eigenvalue weighted by atomic mass is 9.72. The molecule has 1 aliphatic carbocycles. The number of anilines is 1. The van der Waals surface area contributed by atoms with E-state index in [1.54, 1.807) is 23.5 Å². The maximum absolute atomic E-state index is 11.0. The second-order valence-electron chi connectivity index (χ2n) is 8.67. The number of fused-ring (bicyclic) bond motifs is 3. The van der Waals surface area contributed by atoms with Crippen LogP contribution in [0.1, 0.15) is 53.6 Å². The van der Waals surface area contributed by atoms with Crippen LogP contribution in [-0.4, -0.2) is 21.0 Å². The Morgan fingerprint density at radius 2 is 2.00 bits per heavy atom. The van der Waals surface area contributed by atoms with Gasteiger partial charge in [-0.05, 0) is 53.9 Å². The minimum Gasteiger partial charge on any atom is -0.478 e. The monoisotopic (exact) mass is 427 g/mol. The number of aromatic carboxylic acids is 1. The van der Waals surface area contributed by atoms with E-state index in [9.17, 15) is 4.79 Å². The number of hydrogen-bond acceptors (Lipinski definition) is 6. The van der Waals surface area contributed by atoms with Crippen molar-refractivity contribution in [2.75, 3.05) is 5.73 Å². The van der Waals surface area contributed by atoms with Crippen LogP contribution >= 0.6 is 23.1 Å². The topological polar surface area (TPSA) is 89.1 Å². The average Bonchev–Trinajstić information content (AvgIpc) is 3.04. The summed E-state index contributed by atoms with van der Waals surface area (Å²) in [7, 11) is 0. The summed E-state index contributed by atoms with van der Waals surface area (Å²) in [5.74, 6) is 1.01. The van der Waals surface area contributed by atoms with E-state index in [1.165, 1.54) is 28.6 Å². The lowest BCUT2D eigenvalue weighted by Gasteiger charge is -2.33. The van der Waals surface area contributed by atoms with E-state index in [2.05, 4.69) is 25.8 Å². The van der Waals surface area contributed by atoms with E-state index in [0.717, 1.165) is 28.6 Å². The summed E-state index contributed by atoms with van der Waals surface area (Å²) in [4.78, 5) is 22.7. The number of rotatable bonds is 4. The Morgan fingerprint density at radius 1 is 1.28 bits per heavy atom. The number of nitrogens with zero attached hydrogens (tertiary/aromatic N) is 2. The van der Waals surface area contributed by atoms with Gasteiger partial charge in [-0.25, -0.2) is 14.8 Å². The maximum Gasteiger partial charge on any atom is 0.335 e. The molecule has 3 aromatic rings. The number of nitrogen functional groups attached to an aromatic ring is 1. The third kappa shape index (κ3) is 4.12. The number of carboxylic acids is 1. The van der Waals surface area contributed by atoms with Gasteiger partial charge in [0, 0.05) is 10.6 Å². The Bertz CT molecular complexity index is 1070. The molecule has 2 heterocycles. The van der Waals surface area contributed by atoms with Gasteiger partial charge in [-0.15, -0.1) is 11.3 Å². The molecule has 0 saturated heterocycles. The summed E-state index contributed by atoms with van der Waals surface area (Å²) in [5, 5.41) is 10.7. The molecule has 29 heavy (non-hydrogen) atoms. The van der Waals surface area contributed by atoms with Crippen molar-refractivity contribution in [1.82, 2.24) is 9.97 Å². The highest BCUT2D eigenvalue weighted by atomic mass is 32.2. The van der Waals surface area contributed by atoms with E-state index < -0.39 is 5.97 Å². The first kappa shape index (κ1) is 20.2. The first-order valence-corrected chi connectivity index (χ1v) is 11.6. The number of carbonyl (C=O) groups is 1. The van der Waals surface area contributed by atoms with Gasteiger partial charge in [0.1, 0.15) is 10.6 Å². The maximum atomic E-state index is 11.0. The fourth-order valence-electron chi connectivity index (χ4n) is 3.88. The van der Waals surface area contributed by atoms with Crippen LogP contribution in [0.4, 0.5) is 5.82 Å². The van der Waals surface area contributed by atoms with Gasteiger partial charge in [0.25, 0.3) is 0 Å². The molecule has 0 saturated carbocycles. The molecule has 0 spiro atoms. The number of aromatic nitrogens is 2. The number of carboxylic acid groups (broad SMARTS) is 1. The Kier molecular flexibility index (Phi) is 5.29. The molecule has 4 rings (SSSR count). The van der Waals surface area contributed by atoms with Gasteiger partial charge in [0.15, 0.2) is 5.16 Å². The summed E-state index contributed by atoms with van der Waals surface area (Å²) in [6, 6.07) is 6.90. The van der Waals surface area contributed by atoms with Crippen molar-refractivity contribution in [1.29, 1.82) is 0 Å². The van der Waals surface area contributed by atoms with Crippen LogP contribution < -0.4 is 5.73 Å². The summed E-state index contributed by atoms with van der Waals surface area (Å²) in [6.45, 7) is 6.96. The molecule has 152 valence electrons. The molecule has 1 unspecified atom stereocenters. The normalized spacial score (nSPS) is 16.7. The number of aryl methyl sites for hydroxylation is 1. The number of hydrogen-bond donors (Lipinski definition) is 2. The molecule has 2 aromatic heterocycles. The minimum atomic E-state index is -0.916. The molecular formula is C22H25N3O2S2. The van der Waals surface area contributed by atoms with Crippen molar-refractivity contribution < 1.29 is 9.90 Å². The van der Waals surface area contributed by atoms with E-state index in [0.29, 0.717) is 33.6 Å². The second kappa shape index (κ2) is 7.61. The van der Waals surface area contributed by atoms with E-state index >= 15 is 0 Å². The second-order valence-corrected chi connectivity index (χ2v) is 10.7. The fourth-order valence-corrected chi connectivity index (χ4v) is 6.05. The summed E-state index contributed by atoms with van der Waals surface area (Å²) in [6.07, 6.45) is 3.33. The van der Waals surface area contributed by atoms with Gasteiger partial charge in [-0.3, -0.25) is 0 Å². The van der Waals surface area contributed by atoms with Crippen molar-refractivity contribution in [2.45, 2.75) is 50.9 Å². The minimum absolute atomic E-state index is 0.290. The smallest absolute Gasteiger partial charge is 0.335 e. The summed E-state index contributed by atoms with van der Waals surface area (Å²) >= 11 is 3.29. The summed E-state index contributed by atoms with van der Waals surface area (Å²) in [5.41, 5.74) is 9.32. The number of thioether (sulfide) groups is 1. The van der Waals surface area contributed by atoms with Crippen molar-refractivity contribution in [3.05, 3.63) is 45.8 Å². The third-order valence-electron chi connectivity index (χ3n) is 5.71. The standard InChI is InChI=1S/C22H25N3O2S2/c1-22(2,3)14-8-9-15-16(10-14)29-19-17(15)18(23)24-21(25-19)28-11-12-4-6-13(7-5-12)20(26)27/h4-7,14H,8-11H2,1-3H3,(H,26,27)(H2,23,24,25). The van der Waals surface area contributed by atoms with E-state index in [4.69, 9.17) is 15.8 Å². The Hall–Kier alpha value is -2.12. The predicted molar refractivity (Wildman–Crippen MR) is 120 cm³/mol. The lowest BCUT2D eigenvalue weighted by molar-refractivity contribution is 0.0697. The Labute approximate surface area is 178 Å². The Balaban J connectivity index is 1.55. The molecule has 1 aliphatic rings. The summed E-state index contributed by atoms with van der Waals surface area (Å²) < 4.78 is 0. The van der Waals surface area contributed by atoms with Crippen LogP contribution in [0.3, 0.4) is 0 Å². The molecule has 7 heteroatoms. The lowest BCUT2D eigenvalue weighted by Crippen LogP contribution is -2.26. The van der Waals surface area contributed by atoms with Crippen molar-refractivity contribution >= 4 is 45.1 Å². The molecule has 1 atom stereocenters. The zero-order chi connectivity index (χ0) is 20.8. The van der Waals surface area contributed by atoms with Gasteiger partial charge < -0.3 is 10.8 Å². The molecule has 0 amide bonds. The molecule has 0 bridgehead atoms. The first-order valence-electron chi connectivity index (χ1n) is 9.75. The predicted octanol–water partition coefficient (Wildman–Crippen LogP) is 5.42. The van der Waals surface area contributed by atoms with Crippen LogP contribution in [0.2, 0.25) is 0 Å². The molecule has 0 aliphatic heterocycles. The SMILES string of the molecule is CC(C)(C)C1CCc2c(sc3nc(SCc4ccc(C(=O)O)cc4)nc(N)c23)C1. The number of benzene rings is 1. The van der Waals surface area contributed by atoms with Crippen molar-refractivity contribution in [3.63, 3.8) is 0 Å². The van der Waals surface area contributed by atoms with Gasteiger partial charge in [-0.1, -0.05) is 44.7 Å². The van der Waals surface area contributed by atoms with Crippen LogP contribution in [0.5, 0.6) is 0 Å². The highest BCUT2D eigenvalue weighted by Gasteiger charge is 2.31. The Morgan fingerprint density at radius 3 is 2.66 bits per heavy atom. The number of thiophene rings is 1. The zero-order valence-corrected chi connectivity index (χ0v) is 18.5. The zero-order valence-electron chi connectivity index (χ0n) is 16.9. The van der Waals surface area contributed by atoms with Gasteiger partial charge in [-0.2, -0.15) is 0 Å². The molecule has 0 fully saturated rings. The van der Waals surface area contributed by atoms with Crippen LogP contribution in [0.25, 0.3) is 10.2 Å². The van der Waals surface area contributed by atoms with Crippen molar-refractivity contribution in [2.24, 2.45) is 11.3 Å². The van der Waals surface area contributed by atoms with Gasteiger partial charge >= 0.3 is 5.97 Å². The largest absolute Gasteiger partial charge is 0.478 e. The third-order valence-corrected chi connectivity index (χ3v) is 7.78. The van der Waals surface area contributed by atoms with E-state index in [1.807, 2.05) is 12.1 Å². The van der Waals surface area contributed by atoms with Gasteiger partial charge in [0.2, 0.25) is 0 Å². The molecule has 3 N–H and O–H groups in total. The van der Waals surface area contributed by atoms with E-state index in [-0.39, 0.29) is 0 Å². The van der Waals surface area contributed by atoms with Crippen molar-refractivity contribution in [3.8, 4) is 0 Å². The molecule has 5 nitrogen and oxygen atoms in total. The highest BCUT2D eigenvalue weighted by Crippen LogP contribution is 2.44. The first-order chi connectivity index (χ1) is 13.7. The van der Waals surface area contributed by atoms with Crippen LogP contribution in [0.15, 0.2) is 29.4 Å². The highest BCUT2D eigenvalue weighted by molar-refractivity contribution is 7.98. The fraction of sp³-hybridized carbons (Fsp3) is 0.409. The average molecular weight is 428 g/mol. The van der Waals surface area contributed by atoms with Crippen LogP contribution in [0, 0.1) is 11.3 Å². The van der Waals surface area contributed by atoms with Crippen LogP contribution in [-0.2, 0) is 18.6 Å².